The van der Waals surface area contributed by atoms with Gasteiger partial charge >= 0.3 is 0 Å². The smallest absolute Gasteiger partial charge is 0.181 e. The normalized spacial score (nSPS) is 28.6. The summed E-state index contributed by atoms with van der Waals surface area (Å²) in [7, 11) is 0. The molecule has 4 atom stereocenters. The van der Waals surface area contributed by atoms with E-state index in [1.165, 1.54) is 11.0 Å². The molecule has 12 nitrogen and oxygen atoms in total. The zero-order valence-electron chi connectivity index (χ0n) is 11.8. The van der Waals surface area contributed by atoms with Crippen molar-refractivity contribution in [1.82, 2.24) is 19.7 Å². The molecule has 0 amide bonds. The van der Waals surface area contributed by atoms with E-state index in [1.54, 1.807) is 0 Å². The third-order valence-corrected chi connectivity index (χ3v) is 3.66. The van der Waals surface area contributed by atoms with Crippen molar-refractivity contribution in [3.05, 3.63) is 12.0 Å². The van der Waals surface area contributed by atoms with Gasteiger partial charge < -0.3 is 37.4 Å². The second-order valence-electron chi connectivity index (χ2n) is 4.99. The molecule has 3 rings (SSSR count). The zero-order valence-corrected chi connectivity index (χ0v) is 11.8. The summed E-state index contributed by atoms with van der Waals surface area (Å²) in [5.41, 5.74) is 11.9. The molecule has 0 radical (unpaired) electrons. The first-order chi connectivity index (χ1) is 11.0. The molecule has 2 aromatic heterocycles. The Morgan fingerprint density at radius 3 is 2.70 bits per heavy atom. The van der Waals surface area contributed by atoms with Crippen LogP contribution in [0, 0.1) is 0 Å². The molecule has 1 aliphatic rings. The number of amidine groups is 1. The Kier molecular flexibility index (Phi) is 3.73. The largest absolute Gasteiger partial charge is 0.394 e. The van der Waals surface area contributed by atoms with Crippen LogP contribution in [0.4, 0.5) is 5.82 Å². The Morgan fingerprint density at radius 2 is 2.09 bits per heavy atom. The summed E-state index contributed by atoms with van der Waals surface area (Å²) in [6.07, 6.45) is -3.48. The molecular weight excluding hydrogens is 308 g/mol. The minimum Gasteiger partial charge on any atom is -0.394 e. The highest BCUT2D eigenvalue weighted by Gasteiger charge is 2.45. The van der Waals surface area contributed by atoms with Crippen molar-refractivity contribution in [2.45, 2.75) is 24.5 Å². The molecule has 1 fully saturated rings. The van der Waals surface area contributed by atoms with Crippen LogP contribution in [0.2, 0.25) is 0 Å². The maximum Gasteiger partial charge on any atom is 0.181 e. The number of rotatable bonds is 3. The van der Waals surface area contributed by atoms with Crippen molar-refractivity contribution in [2.24, 2.45) is 16.7 Å². The summed E-state index contributed by atoms with van der Waals surface area (Å²) in [6, 6.07) is 0. The molecule has 1 saturated heterocycles. The number of hydrogen-bond acceptors (Lipinski definition) is 10. The van der Waals surface area contributed by atoms with E-state index < -0.39 is 31.1 Å². The molecule has 9 N–H and O–H groups in total. The van der Waals surface area contributed by atoms with E-state index in [2.05, 4.69) is 20.2 Å². The van der Waals surface area contributed by atoms with Crippen LogP contribution < -0.4 is 17.3 Å². The van der Waals surface area contributed by atoms with Gasteiger partial charge in [-0.15, -0.1) is 0 Å². The van der Waals surface area contributed by atoms with Crippen LogP contribution in [0.3, 0.4) is 0 Å². The molecule has 0 aliphatic carbocycles. The lowest BCUT2D eigenvalue weighted by atomic mass is 10.1. The maximum absolute atomic E-state index is 10.1. The number of aliphatic hydroxyl groups is 3. The highest BCUT2D eigenvalue weighted by molar-refractivity contribution is 6.09. The van der Waals surface area contributed by atoms with Gasteiger partial charge in [0.25, 0.3) is 0 Å². The van der Waals surface area contributed by atoms with E-state index in [-0.39, 0.29) is 28.4 Å². The number of nitrogens with zero attached hydrogens (tertiary/aromatic N) is 5. The second-order valence-corrected chi connectivity index (χ2v) is 4.99. The number of fused-ring (bicyclic) bond motifs is 1. The fourth-order valence-electron chi connectivity index (χ4n) is 2.50. The number of hydrazone groups is 1. The van der Waals surface area contributed by atoms with Gasteiger partial charge in [0.15, 0.2) is 17.7 Å². The highest BCUT2D eigenvalue weighted by Crippen LogP contribution is 2.32. The number of hydrogen-bond donors (Lipinski definition) is 6. The summed E-state index contributed by atoms with van der Waals surface area (Å²) in [6.45, 7) is -0.468. The van der Waals surface area contributed by atoms with Crippen molar-refractivity contribution in [1.29, 1.82) is 0 Å². The number of nitrogens with two attached hydrogens (primary N) is 3. The lowest BCUT2D eigenvalue weighted by Crippen LogP contribution is -2.33. The molecule has 4 unspecified atom stereocenters. The summed E-state index contributed by atoms with van der Waals surface area (Å²) >= 11 is 0. The van der Waals surface area contributed by atoms with Crippen molar-refractivity contribution in [3.63, 3.8) is 0 Å². The SMILES string of the molecule is NN=C(N)c1nn(C2OC(CO)C(O)C2O)c2ncnc(N)c12. The van der Waals surface area contributed by atoms with Gasteiger partial charge in [0.05, 0.1) is 12.0 Å². The number of ether oxygens (including phenoxy) is 1. The van der Waals surface area contributed by atoms with Gasteiger partial charge in [0, 0.05) is 0 Å². The zero-order chi connectivity index (χ0) is 16.7. The average Bonchev–Trinajstić information content (AvgIpc) is 3.07. The third-order valence-electron chi connectivity index (χ3n) is 3.66. The topological polar surface area (TPSA) is 204 Å². The Bertz CT molecular complexity index is 762. The van der Waals surface area contributed by atoms with Crippen LogP contribution in [-0.4, -0.2) is 65.8 Å². The molecule has 1 aliphatic heterocycles. The quantitative estimate of drug-likeness (QED) is 0.143. The molecule has 0 spiro atoms. The molecule has 3 heterocycles. The van der Waals surface area contributed by atoms with Crippen molar-refractivity contribution >= 4 is 22.7 Å². The fourth-order valence-corrected chi connectivity index (χ4v) is 2.50. The average molecular weight is 324 g/mol. The lowest BCUT2D eigenvalue weighted by Gasteiger charge is -2.15. The number of anilines is 1. The van der Waals surface area contributed by atoms with Crippen LogP contribution in [0.15, 0.2) is 11.4 Å². The lowest BCUT2D eigenvalue weighted by molar-refractivity contribution is -0.0566. The molecule has 2 aromatic rings. The first-order valence-corrected chi connectivity index (χ1v) is 6.64. The first-order valence-electron chi connectivity index (χ1n) is 6.64. The maximum atomic E-state index is 10.1. The molecular formula is C11H16N8O4. The Hall–Kier alpha value is -2.54. The van der Waals surface area contributed by atoms with E-state index in [9.17, 15) is 15.3 Å². The number of nitrogen functional groups attached to an aromatic ring is 1. The van der Waals surface area contributed by atoms with Gasteiger partial charge in [-0.2, -0.15) is 10.2 Å². The van der Waals surface area contributed by atoms with E-state index in [0.29, 0.717) is 0 Å². The second kappa shape index (κ2) is 5.58. The number of aromatic nitrogens is 4. The fraction of sp³-hybridized carbons (Fsp3) is 0.455. The number of aliphatic hydroxyl groups excluding tert-OH is 3. The summed E-state index contributed by atoms with van der Waals surface area (Å²) in [5, 5.41) is 37.0. The van der Waals surface area contributed by atoms with Crippen LogP contribution in [0.25, 0.3) is 11.0 Å². The minimum atomic E-state index is -1.34. The molecule has 12 heteroatoms. The Labute approximate surface area is 129 Å². The van der Waals surface area contributed by atoms with Crippen LogP contribution >= 0.6 is 0 Å². The third kappa shape index (κ3) is 2.24. The molecule has 0 saturated carbocycles. The molecule has 0 aromatic carbocycles. The van der Waals surface area contributed by atoms with Crippen LogP contribution in [0.5, 0.6) is 0 Å². The van der Waals surface area contributed by atoms with Gasteiger partial charge in [-0.1, -0.05) is 0 Å². The summed E-state index contributed by atoms with van der Waals surface area (Å²) < 4.78 is 6.63. The van der Waals surface area contributed by atoms with Crippen molar-refractivity contribution in [3.8, 4) is 0 Å². The van der Waals surface area contributed by atoms with Crippen molar-refractivity contribution in [2.75, 3.05) is 12.3 Å². The van der Waals surface area contributed by atoms with E-state index in [4.69, 9.17) is 22.0 Å². The minimum absolute atomic E-state index is 0.0922. The van der Waals surface area contributed by atoms with Crippen LogP contribution in [0.1, 0.15) is 11.9 Å². The van der Waals surface area contributed by atoms with Gasteiger partial charge in [0.2, 0.25) is 0 Å². The molecule has 124 valence electrons. The predicted molar refractivity (Wildman–Crippen MR) is 77.7 cm³/mol. The molecule has 23 heavy (non-hydrogen) atoms. The van der Waals surface area contributed by atoms with Gasteiger partial charge in [-0.3, -0.25) is 0 Å². The standard InChI is InChI=1S/C11H16N8O4/c12-8-4-5(9(13)17-14)18-19(10(4)16-2-15-8)11-7(22)6(21)3(1-20)23-11/h2-3,6-7,11,20-22H,1,14H2,(H2,13,17)(H2,12,15,16). The van der Waals surface area contributed by atoms with Gasteiger partial charge in [0.1, 0.15) is 36.2 Å². The monoisotopic (exact) mass is 324 g/mol. The Morgan fingerprint density at radius 1 is 1.35 bits per heavy atom. The highest BCUT2D eigenvalue weighted by atomic mass is 16.6. The van der Waals surface area contributed by atoms with E-state index in [0.717, 1.165) is 0 Å². The summed E-state index contributed by atoms with van der Waals surface area (Å²) in [5.74, 6) is 5.16. The molecule has 0 bridgehead atoms. The predicted octanol–water partition coefficient (Wildman–Crippen LogP) is -3.40. The van der Waals surface area contributed by atoms with E-state index in [1.807, 2.05) is 0 Å². The Balaban J connectivity index is 2.18. The van der Waals surface area contributed by atoms with Gasteiger partial charge in [-0.25, -0.2) is 14.6 Å². The van der Waals surface area contributed by atoms with Crippen LogP contribution in [-0.2, 0) is 4.74 Å². The van der Waals surface area contributed by atoms with Gasteiger partial charge in [-0.05, 0) is 0 Å². The van der Waals surface area contributed by atoms with Crippen molar-refractivity contribution < 1.29 is 20.1 Å². The summed E-state index contributed by atoms with van der Waals surface area (Å²) in [4.78, 5) is 7.92. The first kappa shape index (κ1) is 15.4. The van der Waals surface area contributed by atoms with E-state index >= 15 is 0 Å².